The minimum absolute atomic E-state index is 0.863. The Labute approximate surface area is 302 Å². The number of para-hydroxylation sites is 1. The molecule has 0 spiro atoms. The lowest BCUT2D eigenvalue weighted by Crippen LogP contribution is -2.11. The lowest BCUT2D eigenvalue weighted by Gasteiger charge is -2.29. The predicted octanol–water partition coefficient (Wildman–Crippen LogP) is 14.4. The summed E-state index contributed by atoms with van der Waals surface area (Å²) in [5, 5.41) is 7.22. The van der Waals surface area contributed by atoms with Crippen LogP contribution in [0.2, 0.25) is 0 Å². The maximum Gasteiger partial charge on any atom is 0.137 e. The Bertz CT molecular complexity index is 2890. The maximum absolute atomic E-state index is 6.46. The molecule has 0 saturated carbocycles. The number of hydrogen-bond acceptors (Lipinski definition) is 2. The predicted molar refractivity (Wildman–Crippen MR) is 220 cm³/mol. The average molecular weight is 664 g/mol. The highest BCUT2D eigenvalue weighted by atomic mass is 16.3. The molecule has 1 aromatic heterocycles. The molecule has 0 saturated heterocycles. The van der Waals surface area contributed by atoms with Gasteiger partial charge in [0.15, 0.2) is 0 Å². The first-order valence-electron chi connectivity index (χ1n) is 17.8. The maximum atomic E-state index is 6.46. The van der Waals surface area contributed by atoms with Gasteiger partial charge in [0.25, 0.3) is 0 Å². The van der Waals surface area contributed by atoms with Gasteiger partial charge in [-0.1, -0.05) is 152 Å². The monoisotopic (exact) mass is 663 g/mol. The molecule has 52 heavy (non-hydrogen) atoms. The van der Waals surface area contributed by atoms with Crippen LogP contribution in [-0.2, 0) is 0 Å². The van der Waals surface area contributed by atoms with E-state index in [1.807, 2.05) is 12.1 Å². The van der Waals surface area contributed by atoms with Crippen molar-refractivity contribution in [2.45, 2.75) is 0 Å². The van der Waals surface area contributed by atoms with E-state index in [1.54, 1.807) is 0 Å². The Balaban J connectivity index is 1.24. The van der Waals surface area contributed by atoms with Gasteiger partial charge in [0, 0.05) is 33.8 Å². The third kappa shape index (κ3) is 5.12. The highest BCUT2D eigenvalue weighted by Crippen LogP contribution is 2.46. The molecular formula is C50H33NO. The average Bonchev–Trinajstić information content (AvgIpc) is 3.59. The normalized spacial score (nSPS) is 11.5. The summed E-state index contributed by atoms with van der Waals surface area (Å²) >= 11 is 0. The van der Waals surface area contributed by atoms with Crippen LogP contribution in [-0.4, -0.2) is 0 Å². The number of anilines is 3. The standard InChI is InChI=1S/C50H33NO/c1-3-13-34(14-4-1)35-23-26-39(27-24-35)51(40-28-30-46-45-21-11-12-22-49(45)52-50(46)33-40)48-32-38(25-29-42(48)36-15-5-2-6-16-36)47-31-37-17-7-8-18-41(37)43-19-9-10-20-44(43)47/h1-33H. The van der Waals surface area contributed by atoms with Gasteiger partial charge in [-0.05, 0) is 91.8 Å². The first-order valence-corrected chi connectivity index (χ1v) is 17.8. The summed E-state index contributed by atoms with van der Waals surface area (Å²) in [6.07, 6.45) is 0. The van der Waals surface area contributed by atoms with Crippen LogP contribution < -0.4 is 4.90 Å². The number of benzene rings is 9. The van der Waals surface area contributed by atoms with Crippen LogP contribution in [0.4, 0.5) is 17.1 Å². The smallest absolute Gasteiger partial charge is 0.137 e. The Morgan fingerprint density at radius 3 is 1.67 bits per heavy atom. The Kier molecular flexibility index (Phi) is 7.18. The van der Waals surface area contributed by atoms with Gasteiger partial charge in [0.05, 0.1) is 5.69 Å². The molecule has 0 bridgehead atoms. The van der Waals surface area contributed by atoms with E-state index in [9.17, 15) is 0 Å². The molecule has 244 valence electrons. The van der Waals surface area contributed by atoms with Gasteiger partial charge in [0.2, 0.25) is 0 Å². The lowest BCUT2D eigenvalue weighted by atomic mass is 9.91. The second kappa shape index (κ2) is 12.5. The molecule has 0 radical (unpaired) electrons. The zero-order chi connectivity index (χ0) is 34.4. The molecule has 10 rings (SSSR count). The highest BCUT2D eigenvalue weighted by molar-refractivity contribution is 6.14. The van der Waals surface area contributed by atoms with Crippen molar-refractivity contribution in [1.82, 2.24) is 0 Å². The summed E-state index contributed by atoms with van der Waals surface area (Å²) in [5.74, 6) is 0. The number of furan rings is 1. The molecular weight excluding hydrogens is 631 g/mol. The van der Waals surface area contributed by atoms with E-state index in [0.717, 1.165) is 55.7 Å². The first-order chi connectivity index (χ1) is 25.8. The number of rotatable bonds is 6. The van der Waals surface area contributed by atoms with Crippen LogP contribution >= 0.6 is 0 Å². The van der Waals surface area contributed by atoms with Crippen molar-refractivity contribution >= 4 is 60.5 Å². The molecule has 9 aromatic carbocycles. The van der Waals surface area contributed by atoms with E-state index in [2.05, 4.69) is 193 Å². The largest absolute Gasteiger partial charge is 0.456 e. The summed E-state index contributed by atoms with van der Waals surface area (Å²) in [7, 11) is 0. The van der Waals surface area contributed by atoms with E-state index < -0.39 is 0 Å². The third-order valence-corrected chi connectivity index (χ3v) is 10.3. The summed E-state index contributed by atoms with van der Waals surface area (Å²) in [6, 6.07) is 71.8. The fourth-order valence-corrected chi connectivity index (χ4v) is 7.75. The number of fused-ring (bicyclic) bond motifs is 6. The fourth-order valence-electron chi connectivity index (χ4n) is 7.75. The fraction of sp³-hybridized carbons (Fsp3) is 0. The molecule has 2 heteroatoms. The Morgan fingerprint density at radius 1 is 0.308 bits per heavy atom. The number of nitrogens with zero attached hydrogens (tertiary/aromatic N) is 1. The van der Waals surface area contributed by atoms with Gasteiger partial charge in [0.1, 0.15) is 11.2 Å². The van der Waals surface area contributed by atoms with Gasteiger partial charge >= 0.3 is 0 Å². The van der Waals surface area contributed by atoms with Crippen molar-refractivity contribution < 1.29 is 4.42 Å². The van der Waals surface area contributed by atoms with Crippen molar-refractivity contribution in [3.63, 3.8) is 0 Å². The third-order valence-electron chi connectivity index (χ3n) is 10.3. The zero-order valence-corrected chi connectivity index (χ0v) is 28.4. The van der Waals surface area contributed by atoms with Crippen molar-refractivity contribution in [2.75, 3.05) is 4.90 Å². The first kappa shape index (κ1) is 30.0. The molecule has 0 aliphatic carbocycles. The minimum Gasteiger partial charge on any atom is -0.456 e. The topological polar surface area (TPSA) is 16.4 Å². The van der Waals surface area contributed by atoms with E-state index in [0.29, 0.717) is 0 Å². The van der Waals surface area contributed by atoms with Gasteiger partial charge in [-0.15, -0.1) is 0 Å². The zero-order valence-electron chi connectivity index (χ0n) is 28.4. The van der Waals surface area contributed by atoms with E-state index in [4.69, 9.17) is 4.42 Å². The van der Waals surface area contributed by atoms with E-state index >= 15 is 0 Å². The minimum atomic E-state index is 0.863. The quantitative estimate of drug-likeness (QED) is 0.165. The van der Waals surface area contributed by atoms with Crippen LogP contribution in [0, 0.1) is 0 Å². The molecule has 0 aliphatic heterocycles. The molecule has 0 unspecified atom stereocenters. The van der Waals surface area contributed by atoms with Crippen molar-refractivity contribution in [1.29, 1.82) is 0 Å². The van der Waals surface area contributed by atoms with Crippen LogP contribution in [0.5, 0.6) is 0 Å². The van der Waals surface area contributed by atoms with Gasteiger partial charge in [-0.25, -0.2) is 0 Å². The van der Waals surface area contributed by atoms with Gasteiger partial charge in [-0.3, -0.25) is 0 Å². The SMILES string of the molecule is c1ccc(-c2ccc(N(c3ccc4c(c3)oc3ccccc34)c3cc(-c4cc5ccccc5c5ccccc45)ccc3-c3ccccc3)cc2)cc1. The molecule has 10 aromatic rings. The number of hydrogen-bond donors (Lipinski definition) is 0. The molecule has 0 fully saturated rings. The van der Waals surface area contributed by atoms with Crippen LogP contribution in [0.25, 0.3) is 76.9 Å². The molecule has 0 amide bonds. The van der Waals surface area contributed by atoms with E-state index in [1.165, 1.54) is 38.2 Å². The second-order valence-corrected chi connectivity index (χ2v) is 13.3. The highest BCUT2D eigenvalue weighted by Gasteiger charge is 2.21. The van der Waals surface area contributed by atoms with Crippen LogP contribution in [0.1, 0.15) is 0 Å². The van der Waals surface area contributed by atoms with Crippen LogP contribution in [0.3, 0.4) is 0 Å². The lowest BCUT2D eigenvalue weighted by molar-refractivity contribution is 0.669. The summed E-state index contributed by atoms with van der Waals surface area (Å²) in [4.78, 5) is 2.39. The van der Waals surface area contributed by atoms with Crippen molar-refractivity contribution in [2.24, 2.45) is 0 Å². The van der Waals surface area contributed by atoms with Crippen LogP contribution in [0.15, 0.2) is 205 Å². The second-order valence-electron chi connectivity index (χ2n) is 13.3. The molecule has 2 nitrogen and oxygen atoms in total. The molecule has 0 atom stereocenters. The summed E-state index contributed by atoms with van der Waals surface area (Å²) in [6.45, 7) is 0. The summed E-state index contributed by atoms with van der Waals surface area (Å²) < 4.78 is 6.46. The molecule has 0 aliphatic rings. The molecule has 1 heterocycles. The summed E-state index contributed by atoms with van der Waals surface area (Å²) in [5.41, 5.74) is 12.0. The van der Waals surface area contributed by atoms with Crippen molar-refractivity contribution in [3.8, 4) is 33.4 Å². The molecule has 0 N–H and O–H groups in total. The van der Waals surface area contributed by atoms with E-state index in [-0.39, 0.29) is 0 Å². The van der Waals surface area contributed by atoms with Gasteiger partial charge < -0.3 is 9.32 Å². The van der Waals surface area contributed by atoms with Crippen molar-refractivity contribution in [3.05, 3.63) is 200 Å². The Morgan fingerprint density at radius 2 is 0.885 bits per heavy atom. The Hall–Kier alpha value is -6.90. The van der Waals surface area contributed by atoms with Gasteiger partial charge in [-0.2, -0.15) is 0 Å².